The molecular formula is C13H18N2O. The van der Waals surface area contributed by atoms with Crippen LogP contribution in [-0.2, 0) is 0 Å². The average Bonchev–Trinajstić information content (AvgIpc) is 2.28. The number of carbonyl (C=O) groups is 1. The first-order valence-corrected chi connectivity index (χ1v) is 6.00. The highest BCUT2D eigenvalue weighted by Gasteiger charge is 2.21. The molecule has 0 unspecified atom stereocenters. The summed E-state index contributed by atoms with van der Waals surface area (Å²) in [4.78, 5) is 17.5. The van der Waals surface area contributed by atoms with E-state index in [-0.39, 0.29) is 0 Å². The fourth-order valence-corrected chi connectivity index (χ4v) is 2.12. The van der Waals surface area contributed by atoms with Crippen LogP contribution in [-0.4, -0.2) is 24.4 Å². The van der Waals surface area contributed by atoms with Gasteiger partial charge in [0.2, 0.25) is 0 Å². The Hall–Kier alpha value is -1.38. The highest BCUT2D eigenvalue weighted by atomic mass is 16.1. The molecule has 1 saturated carbocycles. The molecule has 0 amide bonds. The van der Waals surface area contributed by atoms with Crippen molar-refractivity contribution in [2.24, 2.45) is 5.92 Å². The maximum Gasteiger partial charge on any atom is 0.153 e. The van der Waals surface area contributed by atoms with E-state index >= 15 is 0 Å². The topological polar surface area (TPSA) is 33.2 Å². The number of aromatic nitrogens is 1. The Kier molecular flexibility index (Phi) is 3.54. The normalized spacial score (nSPS) is 15.6. The van der Waals surface area contributed by atoms with E-state index in [1.807, 2.05) is 12.1 Å². The standard InChI is InChI=1S/C13H18N2O/c1-2-15(9-11-5-3-6-11)13-12(10-16)7-4-8-14-13/h4,7-8,10-11H,2-3,5-6,9H2,1H3. The second-order valence-electron chi connectivity index (χ2n) is 4.37. The quantitative estimate of drug-likeness (QED) is 0.712. The molecule has 0 radical (unpaired) electrons. The van der Waals surface area contributed by atoms with Gasteiger partial charge in [-0.15, -0.1) is 0 Å². The van der Waals surface area contributed by atoms with Crippen molar-refractivity contribution in [2.75, 3.05) is 18.0 Å². The smallest absolute Gasteiger partial charge is 0.153 e. The van der Waals surface area contributed by atoms with Crippen LogP contribution in [0.2, 0.25) is 0 Å². The summed E-state index contributed by atoms with van der Waals surface area (Å²) >= 11 is 0. The van der Waals surface area contributed by atoms with Crippen LogP contribution in [0.4, 0.5) is 5.82 Å². The zero-order valence-corrected chi connectivity index (χ0v) is 9.72. The Morgan fingerprint density at radius 2 is 2.38 bits per heavy atom. The molecule has 16 heavy (non-hydrogen) atoms. The van der Waals surface area contributed by atoms with E-state index < -0.39 is 0 Å². The van der Waals surface area contributed by atoms with Crippen molar-refractivity contribution in [3.05, 3.63) is 23.9 Å². The van der Waals surface area contributed by atoms with Crippen LogP contribution in [0.5, 0.6) is 0 Å². The van der Waals surface area contributed by atoms with Crippen molar-refractivity contribution in [3.63, 3.8) is 0 Å². The minimum Gasteiger partial charge on any atom is -0.356 e. The Labute approximate surface area is 96.5 Å². The average molecular weight is 218 g/mol. The monoisotopic (exact) mass is 218 g/mol. The number of nitrogens with zero attached hydrogens (tertiary/aromatic N) is 2. The third-order valence-electron chi connectivity index (χ3n) is 3.33. The number of pyridine rings is 1. The van der Waals surface area contributed by atoms with Crippen LogP contribution < -0.4 is 4.90 Å². The predicted octanol–water partition coefficient (Wildman–Crippen LogP) is 2.52. The zero-order chi connectivity index (χ0) is 11.4. The molecule has 0 N–H and O–H groups in total. The zero-order valence-electron chi connectivity index (χ0n) is 9.72. The lowest BCUT2D eigenvalue weighted by Gasteiger charge is -2.32. The van der Waals surface area contributed by atoms with Gasteiger partial charge in [-0.3, -0.25) is 4.79 Å². The summed E-state index contributed by atoms with van der Waals surface area (Å²) in [6.45, 7) is 4.06. The molecule has 0 aromatic carbocycles. The van der Waals surface area contributed by atoms with Crippen molar-refractivity contribution < 1.29 is 4.79 Å². The van der Waals surface area contributed by atoms with E-state index in [0.29, 0.717) is 5.56 Å². The first-order chi connectivity index (χ1) is 7.85. The lowest BCUT2D eigenvalue weighted by Crippen LogP contribution is -2.33. The van der Waals surface area contributed by atoms with Gasteiger partial charge in [-0.05, 0) is 37.8 Å². The van der Waals surface area contributed by atoms with Crippen molar-refractivity contribution >= 4 is 12.1 Å². The molecule has 0 spiro atoms. The van der Waals surface area contributed by atoms with Crippen LogP contribution in [0, 0.1) is 5.92 Å². The first-order valence-electron chi connectivity index (χ1n) is 6.00. The molecule has 0 atom stereocenters. The van der Waals surface area contributed by atoms with E-state index in [1.54, 1.807) is 6.20 Å². The molecule has 0 saturated heterocycles. The van der Waals surface area contributed by atoms with Gasteiger partial charge in [0.15, 0.2) is 6.29 Å². The van der Waals surface area contributed by atoms with Gasteiger partial charge >= 0.3 is 0 Å². The van der Waals surface area contributed by atoms with Crippen LogP contribution in [0.1, 0.15) is 36.5 Å². The number of hydrogen-bond acceptors (Lipinski definition) is 3. The maximum atomic E-state index is 11.0. The molecule has 1 aliphatic carbocycles. The number of rotatable bonds is 5. The van der Waals surface area contributed by atoms with Gasteiger partial charge in [-0.1, -0.05) is 6.42 Å². The molecule has 3 heteroatoms. The van der Waals surface area contributed by atoms with Gasteiger partial charge in [0.1, 0.15) is 5.82 Å². The third kappa shape index (κ3) is 2.23. The van der Waals surface area contributed by atoms with E-state index in [9.17, 15) is 4.79 Å². The van der Waals surface area contributed by atoms with Gasteiger partial charge in [0.05, 0.1) is 5.56 Å². The lowest BCUT2D eigenvalue weighted by molar-refractivity contribution is 0.112. The SMILES string of the molecule is CCN(CC1CCC1)c1ncccc1C=O. The lowest BCUT2D eigenvalue weighted by atomic mass is 9.85. The summed E-state index contributed by atoms with van der Waals surface area (Å²) in [5, 5.41) is 0. The summed E-state index contributed by atoms with van der Waals surface area (Å²) in [7, 11) is 0. The summed E-state index contributed by atoms with van der Waals surface area (Å²) in [5.41, 5.74) is 0.698. The maximum absolute atomic E-state index is 11.0. The van der Waals surface area contributed by atoms with E-state index in [4.69, 9.17) is 0 Å². The van der Waals surface area contributed by atoms with Gasteiger partial charge in [0, 0.05) is 19.3 Å². The molecule has 1 fully saturated rings. The minimum absolute atomic E-state index is 0.698. The minimum atomic E-state index is 0.698. The Morgan fingerprint density at radius 3 is 2.94 bits per heavy atom. The van der Waals surface area contributed by atoms with E-state index in [1.165, 1.54) is 19.3 Å². The fourth-order valence-electron chi connectivity index (χ4n) is 2.12. The Morgan fingerprint density at radius 1 is 1.56 bits per heavy atom. The number of anilines is 1. The van der Waals surface area contributed by atoms with Crippen LogP contribution in [0.15, 0.2) is 18.3 Å². The van der Waals surface area contributed by atoms with Crippen molar-refractivity contribution in [1.82, 2.24) is 4.98 Å². The van der Waals surface area contributed by atoms with Gasteiger partial charge < -0.3 is 4.90 Å². The fraction of sp³-hybridized carbons (Fsp3) is 0.538. The van der Waals surface area contributed by atoms with Crippen molar-refractivity contribution in [3.8, 4) is 0 Å². The number of aldehydes is 1. The second kappa shape index (κ2) is 5.10. The molecule has 0 bridgehead atoms. The first kappa shape index (κ1) is 11.1. The van der Waals surface area contributed by atoms with E-state index in [0.717, 1.165) is 31.1 Å². The molecule has 3 nitrogen and oxygen atoms in total. The highest BCUT2D eigenvalue weighted by molar-refractivity contribution is 5.82. The molecular weight excluding hydrogens is 200 g/mol. The van der Waals surface area contributed by atoms with Crippen LogP contribution in [0.3, 0.4) is 0 Å². The largest absolute Gasteiger partial charge is 0.356 e. The highest BCUT2D eigenvalue weighted by Crippen LogP contribution is 2.28. The van der Waals surface area contributed by atoms with Gasteiger partial charge in [-0.2, -0.15) is 0 Å². The molecule has 0 aliphatic heterocycles. The molecule has 1 aliphatic rings. The van der Waals surface area contributed by atoms with Gasteiger partial charge in [0.25, 0.3) is 0 Å². The van der Waals surface area contributed by atoms with E-state index in [2.05, 4.69) is 16.8 Å². The third-order valence-corrected chi connectivity index (χ3v) is 3.33. The summed E-state index contributed by atoms with van der Waals surface area (Å²) in [6, 6.07) is 3.64. The molecule has 1 aromatic rings. The number of carbonyl (C=O) groups excluding carboxylic acids is 1. The van der Waals surface area contributed by atoms with Crippen LogP contribution in [0.25, 0.3) is 0 Å². The number of hydrogen-bond donors (Lipinski definition) is 0. The Balaban J connectivity index is 2.14. The van der Waals surface area contributed by atoms with Crippen molar-refractivity contribution in [2.45, 2.75) is 26.2 Å². The van der Waals surface area contributed by atoms with Crippen LogP contribution >= 0.6 is 0 Å². The predicted molar refractivity (Wildman–Crippen MR) is 64.9 cm³/mol. The Bertz CT molecular complexity index is 361. The molecule has 1 heterocycles. The summed E-state index contributed by atoms with van der Waals surface area (Å²) in [5.74, 6) is 1.63. The second-order valence-corrected chi connectivity index (χ2v) is 4.37. The molecule has 2 rings (SSSR count). The molecule has 1 aromatic heterocycles. The summed E-state index contributed by atoms with van der Waals surface area (Å²) in [6.07, 6.45) is 6.64. The van der Waals surface area contributed by atoms with Gasteiger partial charge in [-0.25, -0.2) is 4.98 Å². The summed E-state index contributed by atoms with van der Waals surface area (Å²) < 4.78 is 0. The molecule has 86 valence electrons. The van der Waals surface area contributed by atoms with Crippen molar-refractivity contribution in [1.29, 1.82) is 0 Å².